The van der Waals surface area contributed by atoms with Gasteiger partial charge in [0.25, 0.3) is 0 Å². The average Bonchev–Trinajstić information content (AvgIpc) is 3.46. The average molecular weight is 484 g/mol. The van der Waals surface area contributed by atoms with Gasteiger partial charge in [0.1, 0.15) is 0 Å². The number of hydrogen-bond acceptors (Lipinski definition) is 8. The molecule has 1 aliphatic heterocycles. The highest BCUT2D eigenvalue weighted by Gasteiger charge is 2.24. The molecule has 1 N–H and O–H groups in total. The number of rotatable bonds is 5. The molecule has 5 rings (SSSR count). The molecule has 1 aromatic carbocycles. The second kappa shape index (κ2) is 9.54. The highest BCUT2D eigenvalue weighted by atomic mass is 35.5. The third-order valence-electron chi connectivity index (χ3n) is 6.05. The molecule has 1 fully saturated rings. The summed E-state index contributed by atoms with van der Waals surface area (Å²) in [4.78, 5) is 10.5. The molecule has 1 atom stereocenters. The second-order valence-electron chi connectivity index (χ2n) is 8.32. The van der Waals surface area contributed by atoms with Gasteiger partial charge in [-0.15, -0.1) is 22.6 Å². The molecule has 33 heavy (non-hydrogen) atoms. The van der Waals surface area contributed by atoms with E-state index in [4.69, 9.17) is 5.21 Å². The van der Waals surface area contributed by atoms with Gasteiger partial charge in [-0.2, -0.15) is 0 Å². The normalized spacial score (nSPS) is 16.7. The van der Waals surface area contributed by atoms with Crippen molar-refractivity contribution in [3.63, 3.8) is 0 Å². The Kier molecular flexibility index (Phi) is 6.73. The van der Waals surface area contributed by atoms with Crippen molar-refractivity contribution in [2.24, 2.45) is 5.16 Å². The van der Waals surface area contributed by atoms with Crippen LogP contribution in [0.3, 0.4) is 0 Å². The molecule has 1 aliphatic rings. The molecule has 4 heterocycles. The Morgan fingerprint density at radius 2 is 2.03 bits per heavy atom. The van der Waals surface area contributed by atoms with Crippen LogP contribution in [-0.2, 0) is 0 Å². The molecule has 0 aliphatic carbocycles. The number of oxime groups is 1. The van der Waals surface area contributed by atoms with Gasteiger partial charge < -0.3 is 15.0 Å². The number of nitrogens with zero attached hydrogens (tertiary/aromatic N) is 7. The van der Waals surface area contributed by atoms with E-state index in [2.05, 4.69) is 62.4 Å². The minimum absolute atomic E-state index is 0. The van der Waals surface area contributed by atoms with Crippen LogP contribution in [-0.4, -0.2) is 68.6 Å². The van der Waals surface area contributed by atoms with Crippen molar-refractivity contribution in [3.05, 3.63) is 54.4 Å². The van der Waals surface area contributed by atoms with E-state index < -0.39 is 0 Å². The van der Waals surface area contributed by atoms with Crippen LogP contribution in [0, 0.1) is 0 Å². The Morgan fingerprint density at radius 3 is 2.79 bits per heavy atom. The molecule has 1 unspecified atom stereocenters. The lowest BCUT2D eigenvalue weighted by Crippen LogP contribution is -2.31. The first-order chi connectivity index (χ1) is 15.5. The fraction of sp³-hybridized carbons (Fsp3) is 0.304. The standard InChI is InChI=1S/C23H25N7OS.ClH/c1-15(27-31)16-4-7-22-25-26-23(30(22)13-16)32-20-5-6-21-17(11-20)10-19(12-24-21)29-9-8-18(14-29)28(2)3;/h4-7,10-13,18,31H,8-9,14H2,1-3H3;1H. The zero-order chi connectivity index (χ0) is 22.2. The lowest BCUT2D eigenvalue weighted by molar-refractivity contribution is 0.315. The third kappa shape index (κ3) is 4.62. The van der Waals surface area contributed by atoms with Gasteiger partial charge in [-0.05, 0) is 75.6 Å². The quantitative estimate of drug-likeness (QED) is 0.259. The number of benzene rings is 1. The molecule has 1 saturated heterocycles. The SMILES string of the molecule is CC(=NO)c1ccc2nnc(Sc3ccc4ncc(N5CCC(N(C)C)C5)cc4c3)n2c1.Cl. The Balaban J connectivity index is 0.00000259. The van der Waals surface area contributed by atoms with Gasteiger partial charge in [0, 0.05) is 41.2 Å². The van der Waals surface area contributed by atoms with E-state index in [0.717, 1.165) is 45.3 Å². The molecule has 0 bridgehead atoms. The minimum Gasteiger partial charge on any atom is -0.411 e. The highest BCUT2D eigenvalue weighted by molar-refractivity contribution is 7.99. The summed E-state index contributed by atoms with van der Waals surface area (Å²) in [6, 6.07) is 12.8. The van der Waals surface area contributed by atoms with Crippen molar-refractivity contribution in [2.75, 3.05) is 32.1 Å². The van der Waals surface area contributed by atoms with Crippen LogP contribution in [0.5, 0.6) is 0 Å². The monoisotopic (exact) mass is 483 g/mol. The van der Waals surface area contributed by atoms with Gasteiger partial charge in [0.05, 0.1) is 23.1 Å². The lowest BCUT2D eigenvalue weighted by Gasteiger charge is -2.21. The molecule has 0 saturated carbocycles. The third-order valence-corrected chi connectivity index (χ3v) is 7.00. The van der Waals surface area contributed by atoms with Crippen molar-refractivity contribution >= 4 is 52.1 Å². The van der Waals surface area contributed by atoms with Crippen LogP contribution in [0.4, 0.5) is 5.69 Å². The van der Waals surface area contributed by atoms with Gasteiger partial charge in [0.2, 0.25) is 0 Å². The van der Waals surface area contributed by atoms with Crippen molar-refractivity contribution in [1.29, 1.82) is 0 Å². The number of fused-ring (bicyclic) bond motifs is 2. The number of pyridine rings is 2. The zero-order valence-electron chi connectivity index (χ0n) is 18.7. The molecule has 0 spiro atoms. The van der Waals surface area contributed by atoms with E-state index in [1.807, 2.05) is 35.0 Å². The number of anilines is 1. The largest absolute Gasteiger partial charge is 0.411 e. The van der Waals surface area contributed by atoms with E-state index in [0.29, 0.717) is 11.8 Å². The summed E-state index contributed by atoms with van der Waals surface area (Å²) in [5, 5.41) is 22.9. The van der Waals surface area contributed by atoms with Crippen LogP contribution in [0.25, 0.3) is 16.6 Å². The molecule has 0 radical (unpaired) electrons. The molecule has 4 aromatic rings. The first-order valence-corrected chi connectivity index (χ1v) is 11.4. The number of aromatic nitrogens is 4. The van der Waals surface area contributed by atoms with Crippen LogP contribution < -0.4 is 4.90 Å². The zero-order valence-corrected chi connectivity index (χ0v) is 20.3. The first kappa shape index (κ1) is 23.3. The summed E-state index contributed by atoms with van der Waals surface area (Å²) in [7, 11) is 4.29. The molecule has 10 heteroatoms. The van der Waals surface area contributed by atoms with E-state index in [9.17, 15) is 0 Å². The molecular formula is C23H26ClN7OS. The van der Waals surface area contributed by atoms with Crippen molar-refractivity contribution < 1.29 is 5.21 Å². The maximum Gasteiger partial charge on any atom is 0.200 e. The molecule has 0 amide bonds. The van der Waals surface area contributed by atoms with Crippen LogP contribution in [0.2, 0.25) is 0 Å². The molecular weight excluding hydrogens is 458 g/mol. The van der Waals surface area contributed by atoms with E-state index in [1.54, 1.807) is 18.7 Å². The Bertz CT molecular complexity index is 1320. The van der Waals surface area contributed by atoms with Crippen LogP contribution >= 0.6 is 24.2 Å². The van der Waals surface area contributed by atoms with Gasteiger partial charge in [-0.25, -0.2) is 0 Å². The first-order valence-electron chi connectivity index (χ1n) is 10.5. The summed E-state index contributed by atoms with van der Waals surface area (Å²) in [6.45, 7) is 3.84. The van der Waals surface area contributed by atoms with Crippen LogP contribution in [0.1, 0.15) is 18.9 Å². The summed E-state index contributed by atoms with van der Waals surface area (Å²) >= 11 is 1.55. The number of likely N-dealkylation sites (N-methyl/N-ethyl adjacent to an activating group) is 1. The van der Waals surface area contributed by atoms with Gasteiger partial charge in [-0.3, -0.25) is 9.38 Å². The Hall–Kier alpha value is -2.88. The summed E-state index contributed by atoms with van der Waals surface area (Å²) in [6.07, 6.45) is 5.04. The van der Waals surface area contributed by atoms with Gasteiger partial charge in [0.15, 0.2) is 10.8 Å². The predicted molar refractivity (Wildman–Crippen MR) is 134 cm³/mol. The second-order valence-corrected chi connectivity index (χ2v) is 9.36. The van der Waals surface area contributed by atoms with Gasteiger partial charge in [-0.1, -0.05) is 5.16 Å². The smallest absolute Gasteiger partial charge is 0.200 e. The topological polar surface area (TPSA) is 82.1 Å². The maximum atomic E-state index is 9.09. The van der Waals surface area contributed by atoms with E-state index >= 15 is 0 Å². The van der Waals surface area contributed by atoms with Crippen molar-refractivity contribution in [1.82, 2.24) is 24.5 Å². The Labute approximate surface area is 202 Å². The van der Waals surface area contributed by atoms with E-state index in [-0.39, 0.29) is 12.4 Å². The van der Waals surface area contributed by atoms with Gasteiger partial charge >= 0.3 is 0 Å². The molecule has 3 aromatic heterocycles. The summed E-state index contributed by atoms with van der Waals surface area (Å²) in [5.74, 6) is 0. The highest BCUT2D eigenvalue weighted by Crippen LogP contribution is 2.31. The summed E-state index contributed by atoms with van der Waals surface area (Å²) < 4.78 is 1.92. The predicted octanol–water partition coefficient (Wildman–Crippen LogP) is 4.19. The fourth-order valence-electron chi connectivity index (χ4n) is 4.05. The number of halogens is 1. The van der Waals surface area contributed by atoms with E-state index in [1.165, 1.54) is 12.1 Å². The van der Waals surface area contributed by atoms with Crippen molar-refractivity contribution in [2.45, 2.75) is 29.4 Å². The molecule has 172 valence electrons. The van der Waals surface area contributed by atoms with Crippen molar-refractivity contribution in [3.8, 4) is 0 Å². The fourth-order valence-corrected chi connectivity index (χ4v) is 4.91. The summed E-state index contributed by atoms with van der Waals surface area (Å²) in [5.41, 5.74) is 4.25. The van der Waals surface area contributed by atoms with Crippen LogP contribution in [0.15, 0.2) is 64.0 Å². The number of hydrogen-bond donors (Lipinski definition) is 1. The maximum absolute atomic E-state index is 9.09. The lowest BCUT2D eigenvalue weighted by atomic mass is 10.2. The molecule has 8 nitrogen and oxygen atoms in total. The Morgan fingerprint density at radius 1 is 1.18 bits per heavy atom. The minimum atomic E-state index is 0.